The lowest BCUT2D eigenvalue weighted by atomic mass is 10.0. The molecular formula is C16H20N4O2S. The van der Waals surface area contributed by atoms with Crippen molar-refractivity contribution in [2.24, 2.45) is 5.92 Å². The lowest BCUT2D eigenvalue weighted by Crippen LogP contribution is -2.36. The number of aromatic nitrogens is 2. The Morgan fingerprint density at radius 1 is 1.43 bits per heavy atom. The van der Waals surface area contributed by atoms with Crippen molar-refractivity contribution in [3.05, 3.63) is 46.7 Å². The fourth-order valence-corrected chi connectivity index (χ4v) is 3.48. The zero-order valence-corrected chi connectivity index (χ0v) is 13.6. The summed E-state index contributed by atoms with van der Waals surface area (Å²) < 4.78 is 0. The van der Waals surface area contributed by atoms with Gasteiger partial charge >= 0.3 is 0 Å². The third kappa shape index (κ3) is 4.57. The zero-order chi connectivity index (χ0) is 16.1. The van der Waals surface area contributed by atoms with Gasteiger partial charge in [-0.25, -0.2) is 0 Å². The standard InChI is InChI=1S/C16H20N4O2S/c21-15-10-20(9-12(15)6-13-7-17-3-4-18-13)11-16(22)19-8-14-2-1-5-23-14/h1-5,7,12,15,21H,6,8-11H2,(H,19,22)/t12-,15-/m1/s1. The number of hydrogen-bond acceptors (Lipinski definition) is 6. The van der Waals surface area contributed by atoms with Crippen LogP contribution in [0.2, 0.25) is 0 Å². The van der Waals surface area contributed by atoms with Crippen molar-refractivity contribution in [3.63, 3.8) is 0 Å². The number of aliphatic hydroxyl groups excluding tert-OH is 1. The maximum absolute atomic E-state index is 12.0. The summed E-state index contributed by atoms with van der Waals surface area (Å²) in [6.07, 6.45) is 5.28. The largest absolute Gasteiger partial charge is 0.391 e. The smallest absolute Gasteiger partial charge is 0.234 e. The van der Waals surface area contributed by atoms with Crippen LogP contribution in [0.3, 0.4) is 0 Å². The predicted octanol–water partition coefficient (Wildman–Crippen LogP) is 0.690. The van der Waals surface area contributed by atoms with Gasteiger partial charge in [-0.3, -0.25) is 19.7 Å². The summed E-state index contributed by atoms with van der Waals surface area (Å²) in [6.45, 7) is 2.11. The molecule has 2 aromatic rings. The number of aliphatic hydroxyl groups is 1. The molecule has 3 heterocycles. The molecule has 0 radical (unpaired) electrons. The van der Waals surface area contributed by atoms with Gasteiger partial charge in [0.1, 0.15) is 0 Å². The number of nitrogens with one attached hydrogen (secondary N) is 1. The van der Waals surface area contributed by atoms with Gasteiger partial charge in [0.2, 0.25) is 5.91 Å². The average molecular weight is 332 g/mol. The van der Waals surface area contributed by atoms with Crippen molar-refractivity contribution in [1.82, 2.24) is 20.2 Å². The SMILES string of the molecule is O=C(CN1C[C@@H](Cc2cnccn2)[C@H](O)C1)NCc1cccs1. The van der Waals surface area contributed by atoms with E-state index in [-0.39, 0.29) is 11.8 Å². The average Bonchev–Trinajstić information content (AvgIpc) is 3.17. The molecule has 0 spiro atoms. The monoisotopic (exact) mass is 332 g/mol. The summed E-state index contributed by atoms with van der Waals surface area (Å²) in [7, 11) is 0. The van der Waals surface area contributed by atoms with Gasteiger partial charge in [0, 0.05) is 42.5 Å². The van der Waals surface area contributed by atoms with E-state index in [1.807, 2.05) is 22.4 Å². The number of thiophene rings is 1. The quantitative estimate of drug-likeness (QED) is 0.814. The molecule has 1 aliphatic rings. The van der Waals surface area contributed by atoms with Gasteiger partial charge in [-0.15, -0.1) is 11.3 Å². The molecule has 0 aliphatic carbocycles. The van der Waals surface area contributed by atoms with E-state index in [1.54, 1.807) is 29.9 Å². The van der Waals surface area contributed by atoms with Crippen LogP contribution in [0.15, 0.2) is 36.1 Å². The molecule has 2 aromatic heterocycles. The van der Waals surface area contributed by atoms with Crippen LogP contribution in [0.25, 0.3) is 0 Å². The highest BCUT2D eigenvalue weighted by Gasteiger charge is 2.32. The van der Waals surface area contributed by atoms with Crippen LogP contribution in [-0.4, -0.2) is 51.6 Å². The fourth-order valence-electron chi connectivity index (χ4n) is 2.83. The molecule has 3 rings (SSSR count). The zero-order valence-electron chi connectivity index (χ0n) is 12.8. The molecule has 0 saturated carbocycles. The molecule has 1 aliphatic heterocycles. The minimum Gasteiger partial charge on any atom is -0.391 e. The van der Waals surface area contributed by atoms with Crippen LogP contribution in [-0.2, 0) is 17.8 Å². The number of rotatable bonds is 6. The van der Waals surface area contributed by atoms with Crippen LogP contribution in [0.1, 0.15) is 10.6 Å². The van der Waals surface area contributed by atoms with Crippen LogP contribution in [0, 0.1) is 5.92 Å². The Hall–Kier alpha value is -1.83. The molecule has 6 nitrogen and oxygen atoms in total. The molecule has 1 fully saturated rings. The third-order valence-corrected chi connectivity index (χ3v) is 4.85. The molecule has 1 amide bonds. The van der Waals surface area contributed by atoms with Crippen molar-refractivity contribution in [1.29, 1.82) is 0 Å². The van der Waals surface area contributed by atoms with Crippen molar-refractivity contribution < 1.29 is 9.90 Å². The molecule has 0 aromatic carbocycles. The summed E-state index contributed by atoms with van der Waals surface area (Å²) >= 11 is 1.63. The molecule has 0 bridgehead atoms. The highest BCUT2D eigenvalue weighted by Crippen LogP contribution is 2.20. The van der Waals surface area contributed by atoms with Crippen molar-refractivity contribution >= 4 is 17.2 Å². The second-order valence-electron chi connectivity index (χ2n) is 5.78. The Kier molecular flexibility index (Phi) is 5.32. The van der Waals surface area contributed by atoms with E-state index in [9.17, 15) is 9.90 Å². The van der Waals surface area contributed by atoms with Gasteiger partial charge in [0.25, 0.3) is 0 Å². The molecule has 7 heteroatoms. The lowest BCUT2D eigenvalue weighted by Gasteiger charge is -2.15. The Bertz CT molecular complexity index is 620. The first-order valence-corrected chi connectivity index (χ1v) is 8.53. The van der Waals surface area contributed by atoms with Gasteiger partial charge in [-0.2, -0.15) is 0 Å². The van der Waals surface area contributed by atoms with Crippen LogP contribution < -0.4 is 5.32 Å². The normalized spacial score (nSPS) is 21.4. The number of likely N-dealkylation sites (tertiary alicyclic amines) is 1. The molecule has 1 saturated heterocycles. The summed E-state index contributed by atoms with van der Waals surface area (Å²) in [5.74, 6) is 0.0857. The highest BCUT2D eigenvalue weighted by atomic mass is 32.1. The number of carbonyl (C=O) groups excluding carboxylic acids is 1. The number of β-amino-alcohol motifs (C(OH)–C–C–N with tert-alkyl or cyclic N) is 1. The summed E-state index contributed by atoms with van der Waals surface area (Å²) in [4.78, 5) is 23.4. The Labute approximate surface area is 139 Å². The highest BCUT2D eigenvalue weighted by molar-refractivity contribution is 7.09. The maximum atomic E-state index is 12.0. The van der Waals surface area contributed by atoms with Gasteiger partial charge in [0.05, 0.1) is 24.9 Å². The van der Waals surface area contributed by atoms with E-state index in [0.29, 0.717) is 32.6 Å². The van der Waals surface area contributed by atoms with Crippen molar-refractivity contribution in [2.45, 2.75) is 19.1 Å². The van der Waals surface area contributed by atoms with Crippen LogP contribution >= 0.6 is 11.3 Å². The maximum Gasteiger partial charge on any atom is 0.234 e. The van der Waals surface area contributed by atoms with Crippen LogP contribution in [0.4, 0.5) is 0 Å². The van der Waals surface area contributed by atoms with Gasteiger partial charge in [0.15, 0.2) is 0 Å². The predicted molar refractivity (Wildman–Crippen MR) is 87.8 cm³/mol. The van der Waals surface area contributed by atoms with Crippen molar-refractivity contribution in [2.75, 3.05) is 19.6 Å². The number of amides is 1. The molecule has 0 unspecified atom stereocenters. The van der Waals surface area contributed by atoms with Gasteiger partial charge < -0.3 is 10.4 Å². The van der Waals surface area contributed by atoms with Crippen molar-refractivity contribution in [3.8, 4) is 0 Å². The summed E-state index contributed by atoms with van der Waals surface area (Å²) in [5, 5.41) is 15.1. The Morgan fingerprint density at radius 3 is 3.09 bits per heavy atom. The topological polar surface area (TPSA) is 78.4 Å². The Balaban J connectivity index is 1.45. The lowest BCUT2D eigenvalue weighted by molar-refractivity contribution is -0.122. The van der Waals surface area contributed by atoms with Crippen LogP contribution in [0.5, 0.6) is 0 Å². The van der Waals surface area contributed by atoms with E-state index in [1.165, 1.54) is 0 Å². The minimum absolute atomic E-state index is 0.00856. The first-order valence-electron chi connectivity index (χ1n) is 7.65. The second kappa shape index (κ2) is 7.63. The summed E-state index contributed by atoms with van der Waals surface area (Å²) in [6, 6.07) is 3.97. The second-order valence-corrected chi connectivity index (χ2v) is 6.81. The fraction of sp³-hybridized carbons (Fsp3) is 0.438. The van der Waals surface area contributed by atoms with Gasteiger partial charge in [-0.1, -0.05) is 6.07 Å². The number of hydrogen-bond donors (Lipinski definition) is 2. The van der Waals surface area contributed by atoms with Gasteiger partial charge in [-0.05, 0) is 17.9 Å². The summed E-state index contributed by atoms with van der Waals surface area (Å²) in [5.41, 5.74) is 0.876. The first kappa shape index (κ1) is 16.0. The van der Waals surface area contributed by atoms with E-state index in [4.69, 9.17) is 0 Å². The van der Waals surface area contributed by atoms with E-state index >= 15 is 0 Å². The molecule has 2 N–H and O–H groups in total. The number of nitrogens with zero attached hydrogens (tertiary/aromatic N) is 3. The molecule has 122 valence electrons. The van der Waals surface area contributed by atoms with E-state index < -0.39 is 6.10 Å². The Morgan fingerprint density at radius 2 is 2.35 bits per heavy atom. The molecule has 2 atom stereocenters. The molecular weight excluding hydrogens is 312 g/mol. The molecule has 23 heavy (non-hydrogen) atoms. The van der Waals surface area contributed by atoms with E-state index in [0.717, 1.165) is 10.6 Å². The minimum atomic E-state index is -0.429. The third-order valence-electron chi connectivity index (χ3n) is 3.98. The first-order chi connectivity index (χ1) is 11.2. The van der Waals surface area contributed by atoms with E-state index in [2.05, 4.69) is 15.3 Å². The number of carbonyl (C=O) groups is 1.